The van der Waals surface area contributed by atoms with Crippen molar-refractivity contribution in [3.63, 3.8) is 0 Å². The van der Waals surface area contributed by atoms with Gasteiger partial charge in [0, 0.05) is 0 Å². The van der Waals surface area contributed by atoms with Crippen molar-refractivity contribution in [3.8, 4) is 0 Å². The number of allylic oxidation sites excluding steroid dienone is 1. The average Bonchev–Trinajstić information content (AvgIpc) is 2.59. The summed E-state index contributed by atoms with van der Waals surface area (Å²) in [7, 11) is -2.17. The molecule has 0 unspecified atom stereocenters. The standard InChI is InChI=1S/C23H30Si/c1-6-8-15-20(7-2)24(23(3,4)5,21-16-11-9-12-17-21)22-18-13-10-14-19-22/h9-14,16-19H,2,6,8,15H2,1,3-5H3. The van der Waals surface area contributed by atoms with Crippen LogP contribution in [0.4, 0.5) is 0 Å². The van der Waals surface area contributed by atoms with Crippen LogP contribution in [0.3, 0.4) is 0 Å². The molecule has 0 amide bonds. The fourth-order valence-electron chi connectivity index (χ4n) is 3.97. The van der Waals surface area contributed by atoms with E-state index in [1.54, 1.807) is 0 Å². The van der Waals surface area contributed by atoms with E-state index in [-0.39, 0.29) is 5.04 Å². The fraction of sp³-hybridized carbons (Fsp3) is 0.348. The van der Waals surface area contributed by atoms with Gasteiger partial charge in [0.25, 0.3) is 0 Å². The Bertz CT molecular complexity index is 646. The van der Waals surface area contributed by atoms with Gasteiger partial charge in [-0.05, 0) is 33.4 Å². The maximum absolute atomic E-state index is 4.12. The first-order valence-corrected chi connectivity index (χ1v) is 11.0. The summed E-state index contributed by atoms with van der Waals surface area (Å²) in [6.07, 6.45) is 3.49. The van der Waals surface area contributed by atoms with Crippen LogP contribution < -0.4 is 10.4 Å². The molecule has 0 bridgehead atoms. The largest absolute Gasteiger partial charge is 0.157 e. The summed E-state index contributed by atoms with van der Waals surface area (Å²) < 4.78 is 0. The summed E-state index contributed by atoms with van der Waals surface area (Å²) in [5.41, 5.74) is 3.41. The molecule has 0 aliphatic carbocycles. The molecule has 0 atom stereocenters. The van der Waals surface area contributed by atoms with Gasteiger partial charge < -0.3 is 0 Å². The predicted octanol–water partition coefficient (Wildman–Crippen LogP) is 5.49. The molecule has 0 aliphatic heterocycles. The quantitative estimate of drug-likeness (QED) is 0.484. The first-order valence-electron chi connectivity index (χ1n) is 8.99. The van der Waals surface area contributed by atoms with Crippen LogP contribution in [0.5, 0.6) is 0 Å². The lowest BCUT2D eigenvalue weighted by Gasteiger charge is -2.45. The summed E-state index contributed by atoms with van der Waals surface area (Å²) in [6, 6.07) is 22.2. The molecule has 0 spiro atoms. The second-order valence-electron chi connectivity index (χ2n) is 7.49. The monoisotopic (exact) mass is 334 g/mol. The normalized spacial score (nSPS) is 11.8. The molecule has 0 aliphatic rings. The Morgan fingerprint density at radius 2 is 1.38 bits per heavy atom. The second kappa shape index (κ2) is 7.83. The van der Waals surface area contributed by atoms with Crippen LogP contribution in [0, 0.1) is 0 Å². The minimum absolute atomic E-state index is 0.142. The van der Waals surface area contributed by atoms with Gasteiger partial charge >= 0.3 is 0 Å². The van der Waals surface area contributed by atoms with Crippen molar-refractivity contribution in [1.82, 2.24) is 0 Å². The number of unbranched alkanes of at least 4 members (excludes halogenated alkanes) is 1. The van der Waals surface area contributed by atoms with Crippen LogP contribution in [0.15, 0.2) is 78.2 Å². The van der Waals surface area contributed by atoms with E-state index in [9.17, 15) is 0 Å². The Balaban J connectivity index is 2.83. The minimum atomic E-state index is -2.17. The van der Waals surface area contributed by atoms with Crippen LogP contribution in [0.2, 0.25) is 5.04 Å². The smallest absolute Gasteiger partial charge is 0.133 e. The highest BCUT2D eigenvalue weighted by molar-refractivity contribution is 7.09. The van der Waals surface area contributed by atoms with Gasteiger partial charge in [0.1, 0.15) is 0 Å². The molecule has 1 heteroatoms. The van der Waals surface area contributed by atoms with E-state index < -0.39 is 8.07 Å². The Morgan fingerprint density at radius 3 is 1.71 bits per heavy atom. The summed E-state index contributed by atoms with van der Waals surface area (Å²) in [6.45, 7) is 13.5. The lowest BCUT2D eigenvalue weighted by atomic mass is 10.2. The second-order valence-corrected chi connectivity index (χ2v) is 12.2. The molecule has 0 saturated heterocycles. The van der Waals surface area contributed by atoms with E-state index in [1.807, 2.05) is 0 Å². The Labute approximate surface area is 149 Å². The van der Waals surface area contributed by atoms with Gasteiger partial charge in [0.05, 0.1) is 0 Å². The molecule has 2 aromatic carbocycles. The van der Waals surface area contributed by atoms with Crippen LogP contribution in [0.25, 0.3) is 0 Å². The number of hydrogen-bond donors (Lipinski definition) is 0. The molecule has 0 N–H and O–H groups in total. The van der Waals surface area contributed by atoms with Crippen molar-refractivity contribution in [3.05, 3.63) is 78.2 Å². The third-order valence-electron chi connectivity index (χ3n) is 4.98. The summed E-state index contributed by atoms with van der Waals surface area (Å²) in [5.74, 6) is 0. The average molecular weight is 335 g/mol. The van der Waals surface area contributed by atoms with E-state index in [4.69, 9.17) is 0 Å². The van der Waals surface area contributed by atoms with Gasteiger partial charge in [-0.3, -0.25) is 0 Å². The molecule has 0 fully saturated rings. The van der Waals surface area contributed by atoms with Gasteiger partial charge in [0.15, 0.2) is 8.07 Å². The molecule has 126 valence electrons. The molecular weight excluding hydrogens is 304 g/mol. The zero-order valence-corrected chi connectivity index (χ0v) is 16.6. The zero-order valence-electron chi connectivity index (χ0n) is 15.6. The molecule has 2 rings (SSSR count). The highest BCUT2D eigenvalue weighted by atomic mass is 28.3. The van der Waals surface area contributed by atoms with Crippen molar-refractivity contribution in [2.75, 3.05) is 0 Å². The topological polar surface area (TPSA) is 0 Å². The number of benzene rings is 2. The first kappa shape index (κ1) is 18.5. The highest BCUT2D eigenvalue weighted by Crippen LogP contribution is 2.41. The van der Waals surface area contributed by atoms with Gasteiger partial charge in [-0.15, -0.1) is 5.73 Å². The molecule has 0 heterocycles. The van der Waals surface area contributed by atoms with E-state index in [2.05, 4.69) is 101 Å². The van der Waals surface area contributed by atoms with E-state index >= 15 is 0 Å². The van der Waals surface area contributed by atoms with E-state index in [1.165, 1.54) is 28.4 Å². The van der Waals surface area contributed by atoms with Crippen molar-refractivity contribution in [2.45, 2.75) is 52.0 Å². The predicted molar refractivity (Wildman–Crippen MR) is 110 cm³/mol. The van der Waals surface area contributed by atoms with Gasteiger partial charge in [0.2, 0.25) is 0 Å². The van der Waals surface area contributed by atoms with E-state index in [0.29, 0.717) is 0 Å². The molecule has 0 nitrogen and oxygen atoms in total. The Hall–Kier alpha value is -1.82. The van der Waals surface area contributed by atoms with Crippen LogP contribution >= 0.6 is 0 Å². The Morgan fingerprint density at radius 1 is 0.917 bits per heavy atom. The zero-order chi connectivity index (χ0) is 17.6. The van der Waals surface area contributed by atoms with Crippen molar-refractivity contribution in [2.24, 2.45) is 0 Å². The van der Waals surface area contributed by atoms with Gasteiger partial charge in [-0.25, -0.2) is 0 Å². The molecule has 0 radical (unpaired) electrons. The third-order valence-corrected chi connectivity index (χ3v) is 11.0. The fourth-order valence-corrected chi connectivity index (χ4v) is 9.84. The maximum Gasteiger partial charge on any atom is 0.157 e. The first-order chi connectivity index (χ1) is 11.5. The number of rotatable bonds is 6. The number of hydrogen-bond acceptors (Lipinski definition) is 0. The summed E-state index contributed by atoms with van der Waals surface area (Å²) in [4.78, 5) is 0. The minimum Gasteiger partial charge on any atom is -0.133 e. The Kier molecular flexibility index (Phi) is 6.04. The van der Waals surface area contributed by atoms with Gasteiger partial charge in [-0.1, -0.05) is 101 Å². The van der Waals surface area contributed by atoms with Crippen LogP contribution in [-0.2, 0) is 0 Å². The maximum atomic E-state index is 4.12. The SMILES string of the molecule is C=C=C(CCCC)[Si](c1ccccc1)(c1ccccc1)C(C)(C)C. The summed E-state index contributed by atoms with van der Waals surface area (Å²) >= 11 is 0. The highest BCUT2D eigenvalue weighted by Gasteiger charge is 2.50. The molecule has 24 heavy (non-hydrogen) atoms. The molecule has 2 aromatic rings. The lowest BCUT2D eigenvalue weighted by Crippen LogP contribution is -2.65. The van der Waals surface area contributed by atoms with E-state index in [0.717, 1.165) is 6.42 Å². The van der Waals surface area contributed by atoms with Crippen molar-refractivity contribution < 1.29 is 0 Å². The van der Waals surface area contributed by atoms with Crippen LogP contribution in [-0.4, -0.2) is 8.07 Å². The molecule has 0 saturated carbocycles. The third kappa shape index (κ3) is 3.33. The molecule has 0 aromatic heterocycles. The van der Waals surface area contributed by atoms with Crippen molar-refractivity contribution in [1.29, 1.82) is 0 Å². The molecular formula is C23H30Si. The van der Waals surface area contributed by atoms with Crippen molar-refractivity contribution >= 4 is 18.4 Å². The summed E-state index contributed by atoms with van der Waals surface area (Å²) in [5, 5.41) is 4.51. The van der Waals surface area contributed by atoms with Crippen LogP contribution in [0.1, 0.15) is 47.0 Å². The van der Waals surface area contributed by atoms with Gasteiger partial charge in [-0.2, -0.15) is 0 Å². The lowest BCUT2D eigenvalue weighted by molar-refractivity contribution is 0.724.